The molecular formula is C13H26O3Si. The molecule has 1 fully saturated rings. The van der Waals surface area contributed by atoms with Crippen molar-refractivity contribution in [2.75, 3.05) is 6.61 Å². The highest BCUT2D eigenvalue weighted by Crippen LogP contribution is 2.41. The first-order valence-corrected chi connectivity index (χ1v) is 9.42. The third-order valence-electron chi connectivity index (χ3n) is 3.98. The molecular weight excluding hydrogens is 232 g/mol. The molecule has 1 saturated carbocycles. The molecule has 3 nitrogen and oxygen atoms in total. The maximum absolute atomic E-state index is 11.5. The summed E-state index contributed by atoms with van der Waals surface area (Å²) in [6.07, 6.45) is 1.95. The van der Waals surface area contributed by atoms with Gasteiger partial charge in [-0.05, 0) is 37.9 Å². The topological polar surface area (TPSA) is 35.5 Å². The molecule has 1 aliphatic carbocycles. The number of hydrogen-bond acceptors (Lipinski definition) is 3. The zero-order chi connectivity index (χ0) is 13.3. The van der Waals surface area contributed by atoms with Crippen molar-refractivity contribution in [1.29, 1.82) is 0 Å². The van der Waals surface area contributed by atoms with Gasteiger partial charge in [-0.3, -0.25) is 4.79 Å². The average Bonchev–Trinajstić information content (AvgIpc) is 2.08. The summed E-state index contributed by atoms with van der Waals surface area (Å²) >= 11 is 0. The molecule has 0 heterocycles. The van der Waals surface area contributed by atoms with E-state index in [9.17, 15) is 4.79 Å². The Bertz CT molecular complexity index is 275. The van der Waals surface area contributed by atoms with Crippen molar-refractivity contribution < 1.29 is 14.0 Å². The molecule has 0 aliphatic heterocycles. The lowest BCUT2D eigenvalue weighted by atomic mass is 9.83. The van der Waals surface area contributed by atoms with E-state index in [1.54, 1.807) is 0 Å². The molecule has 0 atom stereocenters. The first-order chi connectivity index (χ1) is 7.67. The third kappa shape index (κ3) is 3.55. The lowest BCUT2D eigenvalue weighted by Crippen LogP contribution is -2.48. The van der Waals surface area contributed by atoms with E-state index in [-0.39, 0.29) is 23.0 Å². The fourth-order valence-electron chi connectivity index (χ4n) is 1.71. The minimum absolute atomic E-state index is 0.0532. The molecule has 0 saturated heterocycles. The summed E-state index contributed by atoms with van der Waals surface area (Å²) in [5.74, 6) is 0.0206. The van der Waals surface area contributed by atoms with Crippen LogP contribution in [0.2, 0.25) is 18.1 Å². The van der Waals surface area contributed by atoms with Crippen LogP contribution in [0.4, 0.5) is 0 Å². The number of ether oxygens (including phenoxy) is 1. The van der Waals surface area contributed by atoms with Crippen LogP contribution in [0.15, 0.2) is 0 Å². The Labute approximate surface area is 106 Å². The van der Waals surface area contributed by atoms with Gasteiger partial charge in [-0.2, -0.15) is 0 Å². The summed E-state index contributed by atoms with van der Waals surface area (Å²) in [5, 5.41) is 0.238. The van der Waals surface area contributed by atoms with Gasteiger partial charge in [0.2, 0.25) is 0 Å². The van der Waals surface area contributed by atoms with Crippen LogP contribution in [0.5, 0.6) is 0 Å². The Morgan fingerprint density at radius 1 is 1.29 bits per heavy atom. The van der Waals surface area contributed by atoms with Gasteiger partial charge in [0.25, 0.3) is 0 Å². The van der Waals surface area contributed by atoms with E-state index < -0.39 is 8.32 Å². The zero-order valence-electron chi connectivity index (χ0n) is 12.0. The highest BCUT2D eigenvalue weighted by molar-refractivity contribution is 6.74. The van der Waals surface area contributed by atoms with Crippen LogP contribution in [-0.2, 0) is 14.0 Å². The molecule has 0 aromatic carbocycles. The second kappa shape index (κ2) is 5.10. The Morgan fingerprint density at radius 2 is 1.82 bits per heavy atom. The van der Waals surface area contributed by atoms with Crippen molar-refractivity contribution in [2.45, 2.75) is 64.8 Å². The number of carbonyl (C=O) groups excluding carboxylic acids is 1. The normalized spacial score (nSPS) is 25.3. The van der Waals surface area contributed by atoms with Gasteiger partial charge in [0.15, 0.2) is 8.32 Å². The summed E-state index contributed by atoms with van der Waals surface area (Å²) < 4.78 is 11.2. The van der Waals surface area contributed by atoms with Crippen molar-refractivity contribution in [2.24, 2.45) is 5.92 Å². The number of rotatable bonds is 4. The highest BCUT2D eigenvalue weighted by Gasteiger charge is 2.44. The van der Waals surface area contributed by atoms with Gasteiger partial charge in [0.05, 0.1) is 12.5 Å². The fraction of sp³-hybridized carbons (Fsp3) is 0.923. The molecule has 0 N–H and O–H groups in total. The standard InChI is InChI=1S/C13H26O3Si/c1-7-15-12(14)10-8-11(9-10)16-17(5,6)13(2,3)4/h10-11H,7-9H2,1-6H3/t10-,11+. The summed E-state index contributed by atoms with van der Waals surface area (Å²) in [4.78, 5) is 11.5. The lowest BCUT2D eigenvalue weighted by Gasteiger charge is -2.44. The van der Waals surface area contributed by atoms with Crippen LogP contribution >= 0.6 is 0 Å². The number of carbonyl (C=O) groups is 1. The van der Waals surface area contributed by atoms with Crippen molar-refractivity contribution in [1.82, 2.24) is 0 Å². The van der Waals surface area contributed by atoms with E-state index in [1.807, 2.05) is 6.92 Å². The van der Waals surface area contributed by atoms with Gasteiger partial charge in [0, 0.05) is 6.10 Å². The Morgan fingerprint density at radius 3 is 2.24 bits per heavy atom. The molecule has 100 valence electrons. The molecule has 0 amide bonds. The number of esters is 1. The van der Waals surface area contributed by atoms with Crippen LogP contribution in [0.3, 0.4) is 0 Å². The molecule has 0 unspecified atom stereocenters. The minimum atomic E-state index is -1.67. The van der Waals surface area contributed by atoms with Gasteiger partial charge in [0.1, 0.15) is 0 Å². The van der Waals surface area contributed by atoms with E-state index in [1.165, 1.54) is 0 Å². The van der Waals surface area contributed by atoms with Crippen molar-refractivity contribution in [3.63, 3.8) is 0 Å². The Balaban J connectivity index is 2.37. The van der Waals surface area contributed by atoms with Crippen LogP contribution < -0.4 is 0 Å². The summed E-state index contributed by atoms with van der Waals surface area (Å²) in [6, 6.07) is 0. The van der Waals surface area contributed by atoms with Gasteiger partial charge in [-0.25, -0.2) is 0 Å². The lowest BCUT2D eigenvalue weighted by molar-refractivity contribution is -0.154. The van der Waals surface area contributed by atoms with Crippen molar-refractivity contribution in [3.8, 4) is 0 Å². The molecule has 17 heavy (non-hydrogen) atoms. The summed E-state index contributed by atoms with van der Waals surface area (Å²) in [5.41, 5.74) is 0. The number of hydrogen-bond donors (Lipinski definition) is 0. The summed E-state index contributed by atoms with van der Waals surface area (Å²) in [6.45, 7) is 13.5. The highest BCUT2D eigenvalue weighted by atomic mass is 28.4. The predicted octanol–water partition coefficient (Wildman–Crippen LogP) is 3.35. The molecule has 1 rings (SSSR count). The first-order valence-electron chi connectivity index (χ1n) is 6.52. The van der Waals surface area contributed by atoms with Gasteiger partial charge >= 0.3 is 5.97 Å². The van der Waals surface area contributed by atoms with Crippen LogP contribution in [0, 0.1) is 5.92 Å². The molecule has 0 aromatic rings. The van der Waals surface area contributed by atoms with E-state index >= 15 is 0 Å². The SMILES string of the molecule is CCOC(=O)[C@H]1C[C@@H](O[Si](C)(C)C(C)(C)C)C1. The second-order valence-corrected chi connectivity index (χ2v) is 11.2. The van der Waals surface area contributed by atoms with E-state index in [2.05, 4.69) is 33.9 Å². The Kier molecular flexibility index (Phi) is 4.41. The second-order valence-electron chi connectivity index (χ2n) is 6.42. The fourth-order valence-corrected chi connectivity index (χ4v) is 3.09. The molecule has 0 radical (unpaired) electrons. The Hall–Kier alpha value is -0.353. The van der Waals surface area contributed by atoms with Crippen molar-refractivity contribution in [3.05, 3.63) is 0 Å². The molecule has 0 spiro atoms. The van der Waals surface area contributed by atoms with E-state index in [4.69, 9.17) is 9.16 Å². The zero-order valence-corrected chi connectivity index (χ0v) is 13.0. The van der Waals surface area contributed by atoms with Gasteiger partial charge in [-0.15, -0.1) is 0 Å². The van der Waals surface area contributed by atoms with Crippen LogP contribution in [0.25, 0.3) is 0 Å². The minimum Gasteiger partial charge on any atom is -0.466 e. The van der Waals surface area contributed by atoms with Crippen molar-refractivity contribution >= 4 is 14.3 Å². The maximum atomic E-state index is 11.5. The smallest absolute Gasteiger partial charge is 0.309 e. The monoisotopic (exact) mass is 258 g/mol. The van der Waals surface area contributed by atoms with Crippen LogP contribution in [-0.4, -0.2) is 27.0 Å². The van der Waals surface area contributed by atoms with Gasteiger partial charge < -0.3 is 9.16 Å². The quantitative estimate of drug-likeness (QED) is 0.573. The van der Waals surface area contributed by atoms with E-state index in [0.29, 0.717) is 6.61 Å². The molecule has 4 heteroatoms. The average molecular weight is 258 g/mol. The first kappa shape index (κ1) is 14.7. The maximum Gasteiger partial charge on any atom is 0.309 e. The third-order valence-corrected chi connectivity index (χ3v) is 8.52. The van der Waals surface area contributed by atoms with E-state index in [0.717, 1.165) is 12.8 Å². The molecule has 1 aliphatic rings. The van der Waals surface area contributed by atoms with Gasteiger partial charge in [-0.1, -0.05) is 20.8 Å². The summed E-state index contributed by atoms with van der Waals surface area (Å²) in [7, 11) is -1.67. The predicted molar refractivity (Wildman–Crippen MR) is 71.4 cm³/mol. The largest absolute Gasteiger partial charge is 0.466 e. The molecule has 0 bridgehead atoms. The van der Waals surface area contributed by atoms with Crippen LogP contribution in [0.1, 0.15) is 40.5 Å². The molecule has 0 aromatic heterocycles.